The fourth-order valence-corrected chi connectivity index (χ4v) is 1.99. The Labute approximate surface area is 113 Å². The van der Waals surface area contributed by atoms with Crippen molar-refractivity contribution in [3.05, 3.63) is 54.6 Å². The Morgan fingerprint density at radius 2 is 1.63 bits per heavy atom. The fourth-order valence-electron chi connectivity index (χ4n) is 1.99. The quantitative estimate of drug-likeness (QED) is 0.880. The van der Waals surface area contributed by atoms with Crippen LogP contribution in [0.15, 0.2) is 54.6 Å². The number of hydrogen-bond donors (Lipinski definition) is 2. The van der Waals surface area contributed by atoms with Crippen molar-refractivity contribution in [3.8, 4) is 11.1 Å². The second kappa shape index (κ2) is 6.05. The first-order valence-electron chi connectivity index (χ1n) is 6.35. The molecular weight excluding hydrogens is 236 g/mol. The van der Waals surface area contributed by atoms with Gasteiger partial charge in [0, 0.05) is 18.3 Å². The summed E-state index contributed by atoms with van der Waals surface area (Å²) in [6, 6.07) is 17.9. The number of carbonyl (C=O) groups excluding carboxylic acids is 1. The van der Waals surface area contributed by atoms with E-state index in [1.807, 2.05) is 49.4 Å². The normalized spacial score (nSPS) is 11.7. The molecule has 0 fully saturated rings. The molecule has 1 atom stereocenters. The highest BCUT2D eigenvalue weighted by Gasteiger charge is 2.12. The molecule has 0 heterocycles. The monoisotopic (exact) mass is 254 g/mol. The Morgan fingerprint density at radius 3 is 2.32 bits per heavy atom. The molecule has 2 aromatic rings. The number of likely N-dealkylation sites (N-methyl/N-ethyl adjacent to an activating group) is 1. The summed E-state index contributed by atoms with van der Waals surface area (Å²) in [4.78, 5) is 11.6. The molecule has 0 aliphatic heterocycles. The number of nitrogens with one attached hydrogen (secondary N) is 2. The van der Waals surface area contributed by atoms with Gasteiger partial charge in [-0.2, -0.15) is 0 Å². The Kier molecular flexibility index (Phi) is 4.18. The molecule has 0 saturated heterocycles. The van der Waals surface area contributed by atoms with Crippen LogP contribution in [0.1, 0.15) is 6.92 Å². The lowest BCUT2D eigenvalue weighted by molar-refractivity contribution is -0.121. The third kappa shape index (κ3) is 3.13. The number of hydrogen-bond acceptors (Lipinski definition) is 2. The van der Waals surface area contributed by atoms with Gasteiger partial charge in [-0.3, -0.25) is 4.79 Å². The number of rotatable bonds is 4. The summed E-state index contributed by atoms with van der Waals surface area (Å²) in [5.74, 6) is -0.0251. The van der Waals surface area contributed by atoms with E-state index in [9.17, 15) is 4.79 Å². The summed E-state index contributed by atoms with van der Waals surface area (Å²) >= 11 is 0. The van der Waals surface area contributed by atoms with E-state index in [4.69, 9.17) is 0 Å². The second-order valence-electron chi connectivity index (χ2n) is 4.39. The second-order valence-corrected chi connectivity index (χ2v) is 4.39. The van der Waals surface area contributed by atoms with E-state index in [-0.39, 0.29) is 11.9 Å². The predicted octanol–water partition coefficient (Wildman–Crippen LogP) is 2.90. The van der Waals surface area contributed by atoms with Gasteiger partial charge in [0.15, 0.2) is 0 Å². The number of amides is 1. The molecule has 3 nitrogen and oxygen atoms in total. The van der Waals surface area contributed by atoms with E-state index in [1.165, 1.54) is 0 Å². The molecule has 1 unspecified atom stereocenters. The highest BCUT2D eigenvalue weighted by atomic mass is 16.2. The van der Waals surface area contributed by atoms with Crippen molar-refractivity contribution < 1.29 is 4.79 Å². The van der Waals surface area contributed by atoms with Crippen molar-refractivity contribution in [2.75, 3.05) is 12.4 Å². The van der Waals surface area contributed by atoms with Crippen LogP contribution in [-0.4, -0.2) is 19.0 Å². The van der Waals surface area contributed by atoms with Gasteiger partial charge < -0.3 is 10.6 Å². The zero-order chi connectivity index (χ0) is 13.7. The smallest absolute Gasteiger partial charge is 0.241 e. The van der Waals surface area contributed by atoms with Crippen molar-refractivity contribution in [3.63, 3.8) is 0 Å². The molecule has 0 spiro atoms. The maximum atomic E-state index is 11.6. The maximum Gasteiger partial charge on any atom is 0.241 e. The minimum atomic E-state index is -0.269. The third-order valence-electron chi connectivity index (χ3n) is 3.02. The molecule has 3 heteroatoms. The zero-order valence-electron chi connectivity index (χ0n) is 11.2. The molecule has 0 aromatic heterocycles. The Balaban J connectivity index is 2.30. The van der Waals surface area contributed by atoms with Crippen molar-refractivity contribution in [1.82, 2.24) is 5.32 Å². The van der Waals surface area contributed by atoms with Crippen molar-refractivity contribution in [2.45, 2.75) is 13.0 Å². The summed E-state index contributed by atoms with van der Waals surface area (Å²) in [6.07, 6.45) is 0. The lowest BCUT2D eigenvalue weighted by Gasteiger charge is -2.17. The van der Waals surface area contributed by atoms with Gasteiger partial charge in [0.2, 0.25) is 5.91 Å². The lowest BCUT2D eigenvalue weighted by Crippen LogP contribution is -2.35. The lowest BCUT2D eigenvalue weighted by atomic mass is 10.0. The first-order chi connectivity index (χ1) is 9.22. The predicted molar refractivity (Wildman–Crippen MR) is 79.0 cm³/mol. The van der Waals surface area contributed by atoms with Crippen molar-refractivity contribution in [2.24, 2.45) is 0 Å². The van der Waals surface area contributed by atoms with E-state index in [2.05, 4.69) is 22.8 Å². The number of carbonyl (C=O) groups is 1. The van der Waals surface area contributed by atoms with Crippen LogP contribution >= 0.6 is 0 Å². The third-order valence-corrected chi connectivity index (χ3v) is 3.02. The molecule has 2 rings (SSSR count). The average Bonchev–Trinajstić information content (AvgIpc) is 2.47. The molecule has 0 aliphatic carbocycles. The summed E-state index contributed by atoms with van der Waals surface area (Å²) < 4.78 is 0. The Bertz CT molecular complexity index is 552. The van der Waals surface area contributed by atoms with E-state index in [1.54, 1.807) is 7.05 Å². The van der Waals surface area contributed by atoms with Gasteiger partial charge in [-0.15, -0.1) is 0 Å². The molecule has 0 aliphatic rings. The topological polar surface area (TPSA) is 41.1 Å². The van der Waals surface area contributed by atoms with E-state index >= 15 is 0 Å². The van der Waals surface area contributed by atoms with Crippen LogP contribution in [-0.2, 0) is 4.79 Å². The number of para-hydroxylation sites is 1. The van der Waals surface area contributed by atoms with Crippen LogP contribution in [0.4, 0.5) is 5.69 Å². The summed E-state index contributed by atoms with van der Waals surface area (Å²) in [6.45, 7) is 1.85. The van der Waals surface area contributed by atoms with Gasteiger partial charge in [0.25, 0.3) is 0 Å². The molecular formula is C16H18N2O. The van der Waals surface area contributed by atoms with Gasteiger partial charge in [0.1, 0.15) is 6.04 Å². The summed E-state index contributed by atoms with van der Waals surface area (Å²) in [7, 11) is 1.64. The number of benzene rings is 2. The van der Waals surface area contributed by atoms with E-state index in [0.717, 1.165) is 16.8 Å². The van der Waals surface area contributed by atoms with Gasteiger partial charge in [-0.05, 0) is 18.6 Å². The average molecular weight is 254 g/mol. The molecule has 19 heavy (non-hydrogen) atoms. The summed E-state index contributed by atoms with van der Waals surface area (Å²) in [5, 5.41) is 5.89. The van der Waals surface area contributed by atoms with E-state index in [0.29, 0.717) is 0 Å². The molecule has 2 N–H and O–H groups in total. The minimum absolute atomic E-state index is 0.0251. The van der Waals surface area contributed by atoms with Gasteiger partial charge in [-0.1, -0.05) is 48.5 Å². The molecule has 0 saturated carbocycles. The van der Waals surface area contributed by atoms with Crippen LogP contribution in [0.5, 0.6) is 0 Å². The standard InChI is InChI=1S/C16H18N2O/c1-12(16(19)17-2)18-15-11-7-6-10-14(15)13-8-4-3-5-9-13/h3-12,18H,1-2H3,(H,17,19). The minimum Gasteiger partial charge on any atom is -0.373 e. The van der Waals surface area contributed by atoms with E-state index < -0.39 is 0 Å². The molecule has 2 aromatic carbocycles. The zero-order valence-corrected chi connectivity index (χ0v) is 11.2. The van der Waals surface area contributed by atoms with Gasteiger partial charge in [-0.25, -0.2) is 0 Å². The maximum absolute atomic E-state index is 11.6. The Morgan fingerprint density at radius 1 is 1.00 bits per heavy atom. The van der Waals surface area contributed by atoms with Crippen LogP contribution in [0.25, 0.3) is 11.1 Å². The largest absolute Gasteiger partial charge is 0.373 e. The van der Waals surface area contributed by atoms with Crippen LogP contribution in [0.3, 0.4) is 0 Å². The van der Waals surface area contributed by atoms with Crippen molar-refractivity contribution in [1.29, 1.82) is 0 Å². The molecule has 0 bridgehead atoms. The highest BCUT2D eigenvalue weighted by molar-refractivity contribution is 5.86. The number of anilines is 1. The molecule has 1 amide bonds. The van der Waals surface area contributed by atoms with Crippen LogP contribution < -0.4 is 10.6 Å². The fraction of sp³-hybridized carbons (Fsp3) is 0.188. The van der Waals surface area contributed by atoms with Gasteiger partial charge in [0.05, 0.1) is 0 Å². The van der Waals surface area contributed by atoms with Crippen LogP contribution in [0.2, 0.25) is 0 Å². The molecule has 98 valence electrons. The van der Waals surface area contributed by atoms with Crippen LogP contribution in [0, 0.1) is 0 Å². The summed E-state index contributed by atoms with van der Waals surface area (Å²) in [5.41, 5.74) is 3.19. The van der Waals surface area contributed by atoms with Gasteiger partial charge >= 0.3 is 0 Å². The Hall–Kier alpha value is -2.29. The molecule has 0 radical (unpaired) electrons. The van der Waals surface area contributed by atoms with Crippen molar-refractivity contribution >= 4 is 11.6 Å². The SMILES string of the molecule is CNC(=O)C(C)Nc1ccccc1-c1ccccc1. The highest BCUT2D eigenvalue weighted by Crippen LogP contribution is 2.27. The first-order valence-corrected chi connectivity index (χ1v) is 6.35. The first kappa shape index (κ1) is 13.1.